The molecule has 0 spiro atoms. The van der Waals surface area contributed by atoms with Crippen LogP contribution in [0, 0.1) is 11.3 Å². The first-order valence-corrected chi connectivity index (χ1v) is 11.2. The summed E-state index contributed by atoms with van der Waals surface area (Å²) in [7, 11) is 1.91. The zero-order valence-corrected chi connectivity index (χ0v) is 19.6. The van der Waals surface area contributed by atoms with E-state index in [-0.39, 0.29) is 17.7 Å². The van der Waals surface area contributed by atoms with Crippen LogP contribution in [0.2, 0.25) is 0 Å². The standard InChI is InChI=1S/C28H22N4O3/c1-4-32-27(33)22(17(2)23(16-29)28(32)34)14-21-15-24-26(35-21)30-25(31(24)3)20-12-10-19(11-13-20)18-8-6-5-7-9-18/h5-15H,4H2,1-3H3/b22-14-. The highest BCUT2D eigenvalue weighted by atomic mass is 16.3. The summed E-state index contributed by atoms with van der Waals surface area (Å²) in [6.45, 7) is 3.48. The van der Waals surface area contributed by atoms with Crippen molar-refractivity contribution in [3.05, 3.63) is 83.1 Å². The minimum atomic E-state index is -0.566. The lowest BCUT2D eigenvalue weighted by molar-refractivity contribution is -0.140. The summed E-state index contributed by atoms with van der Waals surface area (Å²) in [6, 6.07) is 22.1. The Morgan fingerprint density at radius 2 is 1.66 bits per heavy atom. The molecule has 0 fully saturated rings. The van der Waals surface area contributed by atoms with E-state index in [4.69, 9.17) is 4.42 Å². The van der Waals surface area contributed by atoms with E-state index in [1.54, 1.807) is 26.0 Å². The highest BCUT2D eigenvalue weighted by molar-refractivity contribution is 6.19. The van der Waals surface area contributed by atoms with Crippen LogP contribution in [0.4, 0.5) is 0 Å². The maximum Gasteiger partial charge on any atom is 0.271 e. The SMILES string of the molecule is CCN1C(=O)C(C#N)=C(C)/C(=C/c2cc3c(nc(-c4ccc(-c5ccccc5)cc4)n3C)o2)C1=O. The van der Waals surface area contributed by atoms with Crippen LogP contribution in [0.3, 0.4) is 0 Å². The Bertz CT molecular complexity index is 1580. The second kappa shape index (κ2) is 8.58. The van der Waals surface area contributed by atoms with Crippen molar-refractivity contribution in [1.29, 1.82) is 5.26 Å². The van der Waals surface area contributed by atoms with Crippen molar-refractivity contribution in [2.24, 2.45) is 7.05 Å². The number of amides is 2. The normalized spacial score (nSPS) is 15.4. The van der Waals surface area contributed by atoms with E-state index in [9.17, 15) is 14.9 Å². The predicted molar refractivity (Wildman–Crippen MR) is 133 cm³/mol. The number of aromatic nitrogens is 2. The highest BCUT2D eigenvalue weighted by Crippen LogP contribution is 2.31. The Balaban J connectivity index is 1.50. The lowest BCUT2D eigenvalue weighted by Gasteiger charge is -2.25. The predicted octanol–water partition coefficient (Wildman–Crippen LogP) is 5.11. The zero-order chi connectivity index (χ0) is 24.7. The molecule has 0 aliphatic carbocycles. The number of aryl methyl sites for hydroxylation is 1. The molecule has 5 rings (SSSR count). The van der Waals surface area contributed by atoms with Crippen LogP contribution >= 0.6 is 0 Å². The third kappa shape index (κ3) is 3.65. The lowest BCUT2D eigenvalue weighted by Crippen LogP contribution is -2.42. The first-order valence-electron chi connectivity index (χ1n) is 11.2. The Labute approximate surface area is 202 Å². The Morgan fingerprint density at radius 3 is 2.29 bits per heavy atom. The van der Waals surface area contributed by atoms with Crippen molar-refractivity contribution in [2.45, 2.75) is 13.8 Å². The molecule has 4 aromatic rings. The quantitative estimate of drug-likeness (QED) is 0.310. The van der Waals surface area contributed by atoms with E-state index < -0.39 is 11.8 Å². The number of carbonyl (C=O) groups is 2. The number of nitriles is 1. The van der Waals surface area contributed by atoms with E-state index in [0.29, 0.717) is 17.0 Å². The largest absolute Gasteiger partial charge is 0.437 e. The topological polar surface area (TPSA) is 92.1 Å². The van der Waals surface area contributed by atoms with Crippen LogP contribution in [-0.2, 0) is 16.6 Å². The molecular formula is C28H22N4O3. The smallest absolute Gasteiger partial charge is 0.271 e. The molecule has 7 heteroatoms. The van der Waals surface area contributed by atoms with Gasteiger partial charge in [0.05, 0.1) is 0 Å². The van der Waals surface area contributed by atoms with Gasteiger partial charge in [0.25, 0.3) is 11.8 Å². The number of fused-ring (bicyclic) bond motifs is 1. The number of rotatable bonds is 4. The molecule has 0 N–H and O–H groups in total. The summed E-state index contributed by atoms with van der Waals surface area (Å²) >= 11 is 0. The molecule has 0 atom stereocenters. The van der Waals surface area contributed by atoms with Crippen molar-refractivity contribution >= 4 is 29.1 Å². The molecule has 3 heterocycles. The van der Waals surface area contributed by atoms with Gasteiger partial charge in [0.1, 0.15) is 28.7 Å². The van der Waals surface area contributed by atoms with Crippen LogP contribution in [0.5, 0.6) is 0 Å². The molecule has 2 amide bonds. The van der Waals surface area contributed by atoms with Crippen LogP contribution in [0.15, 0.2) is 81.8 Å². The number of imide groups is 1. The van der Waals surface area contributed by atoms with E-state index in [0.717, 1.165) is 32.9 Å². The number of benzene rings is 2. The molecule has 2 aromatic heterocycles. The van der Waals surface area contributed by atoms with Crippen LogP contribution < -0.4 is 0 Å². The molecule has 172 valence electrons. The number of imidazole rings is 1. The molecule has 0 saturated heterocycles. The van der Waals surface area contributed by atoms with Gasteiger partial charge >= 0.3 is 0 Å². The first kappa shape index (κ1) is 22.1. The molecule has 1 aliphatic heterocycles. The van der Waals surface area contributed by atoms with E-state index in [2.05, 4.69) is 29.2 Å². The minimum Gasteiger partial charge on any atom is -0.437 e. The van der Waals surface area contributed by atoms with Gasteiger partial charge in [-0.3, -0.25) is 14.5 Å². The third-order valence-corrected chi connectivity index (χ3v) is 6.28. The maximum atomic E-state index is 12.9. The second-order valence-corrected chi connectivity index (χ2v) is 8.30. The zero-order valence-electron chi connectivity index (χ0n) is 19.6. The monoisotopic (exact) mass is 462 g/mol. The van der Waals surface area contributed by atoms with Gasteiger partial charge in [-0.15, -0.1) is 0 Å². The first-order chi connectivity index (χ1) is 16.9. The van der Waals surface area contributed by atoms with Crippen LogP contribution in [-0.4, -0.2) is 32.8 Å². The summed E-state index contributed by atoms with van der Waals surface area (Å²) in [4.78, 5) is 31.0. The Morgan fingerprint density at radius 1 is 1.00 bits per heavy atom. The van der Waals surface area contributed by atoms with Gasteiger partial charge in [0.15, 0.2) is 0 Å². The van der Waals surface area contributed by atoms with Crippen molar-refractivity contribution < 1.29 is 14.0 Å². The van der Waals surface area contributed by atoms with E-state index >= 15 is 0 Å². The van der Waals surface area contributed by atoms with Gasteiger partial charge in [-0.2, -0.15) is 10.2 Å². The minimum absolute atomic E-state index is 0.0341. The number of hydrogen-bond donors (Lipinski definition) is 0. The Kier molecular flexibility index (Phi) is 5.42. The van der Waals surface area contributed by atoms with Crippen LogP contribution in [0.25, 0.3) is 39.8 Å². The molecule has 0 radical (unpaired) electrons. The van der Waals surface area contributed by atoms with Crippen molar-refractivity contribution in [3.63, 3.8) is 0 Å². The third-order valence-electron chi connectivity index (χ3n) is 6.28. The fourth-order valence-electron chi connectivity index (χ4n) is 4.33. The van der Waals surface area contributed by atoms with Gasteiger partial charge in [-0.05, 0) is 36.6 Å². The molecular weight excluding hydrogens is 440 g/mol. The molecule has 35 heavy (non-hydrogen) atoms. The fraction of sp³-hybridized carbons (Fsp3) is 0.143. The Hall–Kier alpha value is -4.70. The average Bonchev–Trinajstić information content (AvgIpc) is 3.41. The molecule has 1 aliphatic rings. The molecule has 7 nitrogen and oxygen atoms in total. The van der Waals surface area contributed by atoms with Crippen molar-refractivity contribution in [3.8, 4) is 28.6 Å². The van der Waals surface area contributed by atoms with Crippen molar-refractivity contribution in [2.75, 3.05) is 6.54 Å². The summed E-state index contributed by atoms with van der Waals surface area (Å²) in [5.74, 6) is 0.178. The number of likely N-dealkylation sites (N-methyl/N-ethyl adjacent to an activating group) is 1. The second-order valence-electron chi connectivity index (χ2n) is 8.30. The number of carbonyl (C=O) groups excluding carboxylic acids is 2. The number of furan rings is 1. The summed E-state index contributed by atoms with van der Waals surface area (Å²) in [5, 5.41) is 9.42. The van der Waals surface area contributed by atoms with Crippen molar-refractivity contribution in [1.82, 2.24) is 14.5 Å². The number of nitrogens with zero attached hydrogens (tertiary/aromatic N) is 4. The average molecular weight is 463 g/mol. The van der Waals surface area contributed by atoms with Gasteiger partial charge < -0.3 is 8.98 Å². The molecule has 0 saturated carbocycles. The fourth-order valence-corrected chi connectivity index (χ4v) is 4.33. The highest BCUT2D eigenvalue weighted by Gasteiger charge is 2.34. The van der Waals surface area contributed by atoms with Gasteiger partial charge in [-0.1, -0.05) is 54.6 Å². The van der Waals surface area contributed by atoms with E-state index in [1.165, 1.54) is 0 Å². The van der Waals surface area contributed by atoms with Gasteiger partial charge in [0.2, 0.25) is 5.71 Å². The lowest BCUT2D eigenvalue weighted by atomic mass is 9.95. The summed E-state index contributed by atoms with van der Waals surface area (Å²) < 4.78 is 7.88. The molecule has 0 unspecified atom stereocenters. The molecule has 0 bridgehead atoms. The molecule has 2 aromatic carbocycles. The summed E-state index contributed by atoms with van der Waals surface area (Å²) in [6.07, 6.45) is 1.57. The van der Waals surface area contributed by atoms with Gasteiger partial charge in [-0.25, -0.2) is 0 Å². The van der Waals surface area contributed by atoms with Gasteiger partial charge in [0, 0.05) is 30.8 Å². The summed E-state index contributed by atoms with van der Waals surface area (Å²) in [5.41, 5.74) is 5.01. The maximum absolute atomic E-state index is 12.9. The van der Waals surface area contributed by atoms with Crippen LogP contribution in [0.1, 0.15) is 19.6 Å². The van der Waals surface area contributed by atoms with E-state index in [1.807, 2.05) is 48.0 Å². The number of hydrogen-bond acceptors (Lipinski definition) is 5.